The lowest BCUT2D eigenvalue weighted by Crippen LogP contribution is -2.21. The molecule has 0 saturated heterocycles. The van der Waals surface area contributed by atoms with Gasteiger partial charge in [-0.25, -0.2) is 9.78 Å². The highest BCUT2D eigenvalue weighted by atomic mass is 16.4. The standard InChI is InChI=1S/C16H18N2O2/c1-4-18(13-7-5-6-11(2)10-13)15-14(16(19)20)12(3)8-9-17-15/h5-10H,4H2,1-3H3,(H,19,20). The summed E-state index contributed by atoms with van der Waals surface area (Å²) in [6.07, 6.45) is 1.65. The maximum Gasteiger partial charge on any atom is 0.339 e. The molecule has 0 fully saturated rings. The van der Waals surface area contributed by atoms with E-state index in [9.17, 15) is 9.90 Å². The van der Waals surface area contributed by atoms with E-state index in [1.807, 2.05) is 43.0 Å². The summed E-state index contributed by atoms with van der Waals surface area (Å²) < 4.78 is 0. The second kappa shape index (κ2) is 5.74. The molecule has 0 saturated carbocycles. The molecule has 1 aromatic heterocycles. The number of carbonyl (C=O) groups is 1. The molecule has 0 radical (unpaired) electrons. The minimum Gasteiger partial charge on any atom is -0.478 e. The second-order valence-corrected chi connectivity index (χ2v) is 4.71. The molecule has 0 aliphatic heterocycles. The van der Waals surface area contributed by atoms with E-state index in [2.05, 4.69) is 4.98 Å². The number of carboxylic acids is 1. The van der Waals surface area contributed by atoms with E-state index in [0.717, 1.165) is 11.3 Å². The fraction of sp³-hybridized carbons (Fsp3) is 0.250. The minimum atomic E-state index is -0.947. The van der Waals surface area contributed by atoms with Crippen molar-refractivity contribution >= 4 is 17.5 Å². The Morgan fingerprint density at radius 3 is 2.65 bits per heavy atom. The van der Waals surface area contributed by atoms with Gasteiger partial charge in [0.25, 0.3) is 0 Å². The van der Waals surface area contributed by atoms with Crippen LogP contribution in [-0.2, 0) is 0 Å². The average Bonchev–Trinajstić information content (AvgIpc) is 2.39. The number of benzene rings is 1. The average molecular weight is 270 g/mol. The summed E-state index contributed by atoms with van der Waals surface area (Å²) in [6.45, 7) is 6.44. The summed E-state index contributed by atoms with van der Waals surface area (Å²) in [4.78, 5) is 17.7. The largest absolute Gasteiger partial charge is 0.478 e. The van der Waals surface area contributed by atoms with Crippen LogP contribution in [0.15, 0.2) is 36.5 Å². The second-order valence-electron chi connectivity index (χ2n) is 4.71. The molecule has 20 heavy (non-hydrogen) atoms. The van der Waals surface area contributed by atoms with Gasteiger partial charge in [0, 0.05) is 18.4 Å². The van der Waals surface area contributed by atoms with Gasteiger partial charge in [-0.1, -0.05) is 12.1 Å². The molecular weight excluding hydrogens is 252 g/mol. The molecule has 0 aliphatic rings. The Morgan fingerprint density at radius 1 is 1.30 bits per heavy atom. The van der Waals surface area contributed by atoms with E-state index in [4.69, 9.17) is 0 Å². The number of pyridine rings is 1. The lowest BCUT2D eigenvalue weighted by Gasteiger charge is -2.24. The van der Waals surface area contributed by atoms with Crippen LogP contribution in [0, 0.1) is 13.8 Å². The zero-order valence-corrected chi connectivity index (χ0v) is 11.9. The molecule has 2 aromatic rings. The van der Waals surface area contributed by atoms with Gasteiger partial charge in [0.1, 0.15) is 11.4 Å². The smallest absolute Gasteiger partial charge is 0.339 e. The number of aromatic carboxylic acids is 1. The van der Waals surface area contributed by atoms with Crippen LogP contribution in [0.4, 0.5) is 11.5 Å². The Kier molecular flexibility index (Phi) is 4.03. The van der Waals surface area contributed by atoms with E-state index in [1.54, 1.807) is 19.2 Å². The van der Waals surface area contributed by atoms with E-state index in [-0.39, 0.29) is 5.56 Å². The predicted molar refractivity (Wildman–Crippen MR) is 79.8 cm³/mol. The van der Waals surface area contributed by atoms with Crippen LogP contribution in [0.2, 0.25) is 0 Å². The van der Waals surface area contributed by atoms with Crippen molar-refractivity contribution in [2.24, 2.45) is 0 Å². The predicted octanol–water partition coefficient (Wildman–Crippen LogP) is 3.55. The number of hydrogen-bond donors (Lipinski definition) is 1. The van der Waals surface area contributed by atoms with Crippen molar-refractivity contribution in [3.63, 3.8) is 0 Å². The van der Waals surface area contributed by atoms with Crippen LogP contribution >= 0.6 is 0 Å². The summed E-state index contributed by atoms with van der Waals surface area (Å²) >= 11 is 0. The van der Waals surface area contributed by atoms with E-state index in [0.29, 0.717) is 17.9 Å². The number of hydrogen-bond acceptors (Lipinski definition) is 3. The van der Waals surface area contributed by atoms with Crippen molar-refractivity contribution in [3.8, 4) is 0 Å². The quantitative estimate of drug-likeness (QED) is 0.923. The lowest BCUT2D eigenvalue weighted by molar-refractivity contribution is 0.0696. The molecule has 1 heterocycles. The number of anilines is 2. The Hall–Kier alpha value is -2.36. The molecule has 0 spiro atoms. The third-order valence-corrected chi connectivity index (χ3v) is 3.24. The Balaban J connectivity index is 2.58. The normalized spacial score (nSPS) is 10.3. The number of aromatic nitrogens is 1. The van der Waals surface area contributed by atoms with Gasteiger partial charge in [0.15, 0.2) is 0 Å². The van der Waals surface area contributed by atoms with Crippen LogP contribution in [-0.4, -0.2) is 22.6 Å². The van der Waals surface area contributed by atoms with Crippen molar-refractivity contribution in [2.75, 3.05) is 11.4 Å². The molecule has 4 nitrogen and oxygen atoms in total. The molecular formula is C16H18N2O2. The first-order valence-electron chi connectivity index (χ1n) is 6.57. The zero-order valence-electron chi connectivity index (χ0n) is 11.9. The van der Waals surface area contributed by atoms with Gasteiger partial charge in [-0.3, -0.25) is 0 Å². The molecule has 0 bridgehead atoms. The Labute approximate surface area is 118 Å². The summed E-state index contributed by atoms with van der Waals surface area (Å²) in [5, 5.41) is 9.43. The molecule has 0 atom stereocenters. The number of aryl methyl sites for hydroxylation is 2. The maximum atomic E-state index is 11.5. The van der Waals surface area contributed by atoms with Crippen LogP contribution in [0.5, 0.6) is 0 Å². The highest BCUT2D eigenvalue weighted by Crippen LogP contribution is 2.28. The van der Waals surface area contributed by atoms with Gasteiger partial charge in [0.05, 0.1) is 0 Å². The lowest BCUT2D eigenvalue weighted by atomic mass is 10.1. The van der Waals surface area contributed by atoms with Crippen LogP contribution in [0.3, 0.4) is 0 Å². The maximum absolute atomic E-state index is 11.5. The van der Waals surface area contributed by atoms with Gasteiger partial charge in [-0.05, 0) is 50.1 Å². The fourth-order valence-corrected chi connectivity index (χ4v) is 2.26. The highest BCUT2D eigenvalue weighted by Gasteiger charge is 2.20. The molecule has 0 aliphatic carbocycles. The Bertz CT molecular complexity index is 638. The van der Waals surface area contributed by atoms with Gasteiger partial charge in [-0.15, -0.1) is 0 Å². The molecule has 1 aromatic carbocycles. The summed E-state index contributed by atoms with van der Waals surface area (Å²) in [5.74, 6) is -0.456. The van der Waals surface area contributed by atoms with Crippen molar-refractivity contribution in [2.45, 2.75) is 20.8 Å². The Morgan fingerprint density at radius 2 is 2.05 bits per heavy atom. The van der Waals surface area contributed by atoms with Crippen molar-refractivity contribution in [1.29, 1.82) is 0 Å². The number of nitrogens with zero attached hydrogens (tertiary/aromatic N) is 2. The number of carboxylic acid groups (broad SMARTS) is 1. The van der Waals surface area contributed by atoms with Gasteiger partial charge in [-0.2, -0.15) is 0 Å². The van der Waals surface area contributed by atoms with Crippen LogP contribution in [0.25, 0.3) is 0 Å². The molecule has 104 valence electrons. The van der Waals surface area contributed by atoms with Gasteiger partial charge < -0.3 is 10.0 Å². The topological polar surface area (TPSA) is 53.4 Å². The van der Waals surface area contributed by atoms with Crippen molar-refractivity contribution < 1.29 is 9.90 Å². The number of rotatable bonds is 4. The van der Waals surface area contributed by atoms with E-state index < -0.39 is 5.97 Å². The van der Waals surface area contributed by atoms with E-state index in [1.165, 1.54) is 0 Å². The third kappa shape index (κ3) is 2.64. The van der Waals surface area contributed by atoms with Crippen LogP contribution in [0.1, 0.15) is 28.4 Å². The minimum absolute atomic E-state index is 0.260. The summed E-state index contributed by atoms with van der Waals surface area (Å²) in [7, 11) is 0. The molecule has 2 rings (SSSR count). The first-order chi connectivity index (χ1) is 9.54. The first kappa shape index (κ1) is 14.1. The SMILES string of the molecule is CCN(c1cccc(C)c1)c1nccc(C)c1C(=O)O. The molecule has 4 heteroatoms. The highest BCUT2D eigenvalue weighted by molar-refractivity contribution is 5.96. The fourth-order valence-electron chi connectivity index (χ4n) is 2.26. The monoisotopic (exact) mass is 270 g/mol. The van der Waals surface area contributed by atoms with Gasteiger partial charge >= 0.3 is 5.97 Å². The van der Waals surface area contributed by atoms with Gasteiger partial charge in [0.2, 0.25) is 0 Å². The van der Waals surface area contributed by atoms with Crippen molar-refractivity contribution in [1.82, 2.24) is 4.98 Å². The zero-order chi connectivity index (χ0) is 14.7. The first-order valence-corrected chi connectivity index (χ1v) is 6.57. The summed E-state index contributed by atoms with van der Waals surface area (Å²) in [5.41, 5.74) is 3.06. The molecule has 0 unspecified atom stereocenters. The van der Waals surface area contributed by atoms with Crippen LogP contribution < -0.4 is 4.90 Å². The molecule has 0 amide bonds. The third-order valence-electron chi connectivity index (χ3n) is 3.24. The van der Waals surface area contributed by atoms with E-state index >= 15 is 0 Å². The van der Waals surface area contributed by atoms with Crippen molar-refractivity contribution in [3.05, 3.63) is 53.2 Å². The molecule has 1 N–H and O–H groups in total. The summed E-state index contributed by atoms with van der Waals surface area (Å²) in [6, 6.07) is 9.69.